The summed E-state index contributed by atoms with van der Waals surface area (Å²) in [6, 6.07) is 4.96. The van der Waals surface area contributed by atoms with Gasteiger partial charge in [-0.3, -0.25) is 0 Å². The molecule has 100 valence electrons. The fraction of sp³-hybridized carbons (Fsp3) is 0.600. The summed E-state index contributed by atoms with van der Waals surface area (Å²) >= 11 is 0. The van der Waals surface area contributed by atoms with Crippen LogP contribution in [0.15, 0.2) is 18.2 Å². The van der Waals surface area contributed by atoms with Gasteiger partial charge in [0.2, 0.25) is 0 Å². The molecule has 18 heavy (non-hydrogen) atoms. The third-order valence-electron chi connectivity index (χ3n) is 3.54. The van der Waals surface area contributed by atoms with Gasteiger partial charge in [0.25, 0.3) is 0 Å². The van der Waals surface area contributed by atoms with Crippen molar-refractivity contribution in [1.29, 1.82) is 0 Å². The third-order valence-corrected chi connectivity index (χ3v) is 3.54. The minimum atomic E-state index is -0.160. The van der Waals surface area contributed by atoms with E-state index in [0.29, 0.717) is 6.10 Å². The van der Waals surface area contributed by atoms with Crippen molar-refractivity contribution in [2.45, 2.75) is 45.3 Å². The molecular weight excluding hydrogens is 229 g/mol. The van der Waals surface area contributed by atoms with Gasteiger partial charge in [0.1, 0.15) is 5.82 Å². The Balaban J connectivity index is 1.68. The van der Waals surface area contributed by atoms with Crippen LogP contribution in [-0.2, 0) is 11.3 Å². The van der Waals surface area contributed by atoms with Gasteiger partial charge in [-0.25, -0.2) is 4.39 Å². The Bertz CT molecular complexity index is 375. The van der Waals surface area contributed by atoms with Gasteiger partial charge in [-0.15, -0.1) is 0 Å². The Hall–Kier alpha value is -0.930. The lowest BCUT2D eigenvalue weighted by Crippen LogP contribution is -2.25. The van der Waals surface area contributed by atoms with Crippen LogP contribution in [0.5, 0.6) is 0 Å². The number of rotatable bonds is 5. The van der Waals surface area contributed by atoms with Crippen LogP contribution in [0.2, 0.25) is 0 Å². The Kier molecular flexibility index (Phi) is 5.14. The summed E-state index contributed by atoms with van der Waals surface area (Å²) in [7, 11) is 0. The summed E-state index contributed by atoms with van der Waals surface area (Å²) in [4.78, 5) is 0. The van der Waals surface area contributed by atoms with Gasteiger partial charge in [0.05, 0.1) is 6.10 Å². The largest absolute Gasteiger partial charge is 0.378 e. The molecule has 0 spiro atoms. The monoisotopic (exact) mass is 251 g/mol. The van der Waals surface area contributed by atoms with Crippen molar-refractivity contribution in [1.82, 2.24) is 5.32 Å². The standard InChI is InChI=1S/C15H22FNO/c1-12-10-14(16)6-5-13(12)11-17-8-7-15-4-2-3-9-18-15/h5-6,10,15,17H,2-4,7-9,11H2,1H3. The summed E-state index contributed by atoms with van der Waals surface area (Å²) in [5, 5.41) is 3.41. The fourth-order valence-electron chi connectivity index (χ4n) is 2.38. The first-order valence-corrected chi connectivity index (χ1v) is 6.83. The molecular formula is C15H22FNO. The van der Waals surface area contributed by atoms with Gasteiger partial charge in [0.15, 0.2) is 0 Å². The zero-order valence-electron chi connectivity index (χ0n) is 11.0. The second-order valence-corrected chi connectivity index (χ2v) is 5.02. The highest BCUT2D eigenvalue weighted by atomic mass is 19.1. The molecule has 1 unspecified atom stereocenters. The van der Waals surface area contributed by atoms with E-state index in [1.807, 2.05) is 13.0 Å². The third kappa shape index (κ3) is 4.07. The molecule has 1 aliphatic heterocycles. The molecule has 0 saturated carbocycles. The van der Waals surface area contributed by atoms with Gasteiger partial charge in [0, 0.05) is 13.2 Å². The van der Waals surface area contributed by atoms with Crippen molar-refractivity contribution in [2.24, 2.45) is 0 Å². The van der Waals surface area contributed by atoms with E-state index in [1.165, 1.54) is 30.9 Å². The lowest BCUT2D eigenvalue weighted by Gasteiger charge is -2.22. The van der Waals surface area contributed by atoms with E-state index in [2.05, 4.69) is 5.32 Å². The molecule has 1 atom stereocenters. The second-order valence-electron chi connectivity index (χ2n) is 5.02. The van der Waals surface area contributed by atoms with Crippen molar-refractivity contribution in [3.63, 3.8) is 0 Å². The smallest absolute Gasteiger partial charge is 0.123 e. The maximum Gasteiger partial charge on any atom is 0.123 e. The van der Waals surface area contributed by atoms with Crippen LogP contribution in [0.4, 0.5) is 4.39 Å². The second kappa shape index (κ2) is 6.86. The van der Waals surface area contributed by atoms with Crippen molar-refractivity contribution < 1.29 is 9.13 Å². The number of ether oxygens (including phenoxy) is 1. The molecule has 1 aromatic rings. The highest BCUT2D eigenvalue weighted by Crippen LogP contribution is 2.15. The number of hydrogen-bond acceptors (Lipinski definition) is 2. The molecule has 3 heteroatoms. The maximum absolute atomic E-state index is 12.9. The zero-order chi connectivity index (χ0) is 12.8. The van der Waals surface area contributed by atoms with Crippen LogP contribution in [-0.4, -0.2) is 19.3 Å². The summed E-state index contributed by atoms with van der Waals surface area (Å²) in [6.07, 6.45) is 5.19. The molecule has 1 heterocycles. The van der Waals surface area contributed by atoms with E-state index in [1.54, 1.807) is 6.07 Å². The van der Waals surface area contributed by atoms with Crippen LogP contribution >= 0.6 is 0 Å². The molecule has 1 aromatic carbocycles. The molecule has 1 fully saturated rings. The lowest BCUT2D eigenvalue weighted by atomic mass is 10.1. The van der Waals surface area contributed by atoms with E-state index in [0.717, 1.165) is 31.7 Å². The molecule has 0 aromatic heterocycles. The van der Waals surface area contributed by atoms with Gasteiger partial charge < -0.3 is 10.1 Å². The predicted octanol–water partition coefficient (Wildman–Crippen LogP) is 3.18. The quantitative estimate of drug-likeness (QED) is 0.812. The average molecular weight is 251 g/mol. The minimum Gasteiger partial charge on any atom is -0.378 e. The number of aryl methyl sites for hydroxylation is 1. The van der Waals surface area contributed by atoms with Crippen molar-refractivity contribution >= 4 is 0 Å². The Labute approximate surface area is 109 Å². The van der Waals surface area contributed by atoms with Crippen LogP contribution in [0.1, 0.15) is 36.8 Å². The van der Waals surface area contributed by atoms with Gasteiger partial charge in [-0.05, 0) is 62.4 Å². The molecule has 0 bridgehead atoms. The summed E-state index contributed by atoms with van der Waals surface area (Å²) in [5.41, 5.74) is 2.18. The van der Waals surface area contributed by atoms with Crippen LogP contribution < -0.4 is 5.32 Å². The molecule has 1 N–H and O–H groups in total. The molecule has 2 nitrogen and oxygen atoms in total. The molecule has 0 amide bonds. The molecule has 1 saturated heterocycles. The SMILES string of the molecule is Cc1cc(F)ccc1CNCCC1CCCCO1. The first-order chi connectivity index (χ1) is 8.75. The van der Waals surface area contributed by atoms with E-state index in [9.17, 15) is 4.39 Å². The number of nitrogens with one attached hydrogen (secondary N) is 1. The average Bonchev–Trinajstić information content (AvgIpc) is 2.38. The lowest BCUT2D eigenvalue weighted by molar-refractivity contribution is 0.0115. The first kappa shape index (κ1) is 13.5. The van der Waals surface area contributed by atoms with E-state index < -0.39 is 0 Å². The number of hydrogen-bond donors (Lipinski definition) is 1. The Morgan fingerprint density at radius 1 is 1.39 bits per heavy atom. The maximum atomic E-state index is 12.9. The molecule has 0 aliphatic carbocycles. The summed E-state index contributed by atoms with van der Waals surface area (Å²) in [5.74, 6) is -0.160. The fourth-order valence-corrected chi connectivity index (χ4v) is 2.38. The highest BCUT2D eigenvalue weighted by molar-refractivity contribution is 5.26. The predicted molar refractivity (Wildman–Crippen MR) is 71.1 cm³/mol. The Morgan fingerprint density at radius 2 is 2.28 bits per heavy atom. The van der Waals surface area contributed by atoms with Crippen molar-refractivity contribution in [3.05, 3.63) is 35.1 Å². The van der Waals surface area contributed by atoms with Crippen molar-refractivity contribution in [2.75, 3.05) is 13.2 Å². The molecule has 0 radical (unpaired) electrons. The van der Waals surface area contributed by atoms with Gasteiger partial charge in [-0.2, -0.15) is 0 Å². The van der Waals surface area contributed by atoms with Crippen LogP contribution in [0.25, 0.3) is 0 Å². The van der Waals surface area contributed by atoms with Crippen LogP contribution in [0.3, 0.4) is 0 Å². The van der Waals surface area contributed by atoms with E-state index in [4.69, 9.17) is 4.74 Å². The van der Waals surface area contributed by atoms with Crippen LogP contribution in [0, 0.1) is 12.7 Å². The Morgan fingerprint density at radius 3 is 3.00 bits per heavy atom. The highest BCUT2D eigenvalue weighted by Gasteiger charge is 2.12. The minimum absolute atomic E-state index is 0.160. The first-order valence-electron chi connectivity index (χ1n) is 6.83. The van der Waals surface area contributed by atoms with Gasteiger partial charge >= 0.3 is 0 Å². The topological polar surface area (TPSA) is 21.3 Å². The van der Waals surface area contributed by atoms with E-state index >= 15 is 0 Å². The normalized spacial score (nSPS) is 20.0. The van der Waals surface area contributed by atoms with E-state index in [-0.39, 0.29) is 5.82 Å². The van der Waals surface area contributed by atoms with Crippen molar-refractivity contribution in [3.8, 4) is 0 Å². The molecule has 2 rings (SSSR count). The zero-order valence-corrected chi connectivity index (χ0v) is 11.0. The summed E-state index contributed by atoms with van der Waals surface area (Å²) < 4.78 is 18.6. The van der Waals surface area contributed by atoms with Gasteiger partial charge in [-0.1, -0.05) is 6.07 Å². The molecule has 1 aliphatic rings. The number of benzene rings is 1. The number of halogens is 1. The summed E-state index contributed by atoms with van der Waals surface area (Å²) in [6.45, 7) is 4.63.